The largest absolute Gasteiger partial charge is 0.397 e. The van der Waals surface area contributed by atoms with Crippen molar-refractivity contribution < 1.29 is 8.42 Å². The Balaban J connectivity index is 2.19. The van der Waals surface area contributed by atoms with Crippen LogP contribution in [0.5, 0.6) is 0 Å². The molecule has 0 aliphatic heterocycles. The standard InChI is InChI=1S/C13H21N3O2S/c1-16(2)19(17,18)11-6-7-12(14)13(8-11)15-9-10-4-3-5-10/h6-8,10,15H,3-5,9,14H2,1-2H3. The number of nitrogens with two attached hydrogens (primary N) is 1. The minimum absolute atomic E-state index is 0.266. The lowest BCUT2D eigenvalue weighted by Gasteiger charge is -2.26. The van der Waals surface area contributed by atoms with Gasteiger partial charge in [0, 0.05) is 20.6 Å². The van der Waals surface area contributed by atoms with Crippen molar-refractivity contribution in [1.82, 2.24) is 4.31 Å². The minimum atomic E-state index is -3.41. The minimum Gasteiger partial charge on any atom is -0.397 e. The molecule has 2 rings (SSSR count). The monoisotopic (exact) mass is 283 g/mol. The number of nitrogen functional groups attached to an aromatic ring is 1. The van der Waals surface area contributed by atoms with Crippen LogP contribution in [0.2, 0.25) is 0 Å². The predicted octanol–water partition coefficient (Wildman–Crippen LogP) is 1.73. The Morgan fingerprint density at radius 2 is 2.05 bits per heavy atom. The first-order valence-corrected chi connectivity index (χ1v) is 7.91. The molecule has 0 heterocycles. The van der Waals surface area contributed by atoms with Crippen LogP contribution in [0.3, 0.4) is 0 Å². The van der Waals surface area contributed by atoms with Crippen molar-refractivity contribution in [3.63, 3.8) is 0 Å². The van der Waals surface area contributed by atoms with Gasteiger partial charge in [0.15, 0.2) is 0 Å². The zero-order valence-corrected chi connectivity index (χ0v) is 12.2. The van der Waals surface area contributed by atoms with Gasteiger partial charge in [-0.3, -0.25) is 0 Å². The molecule has 0 radical (unpaired) electrons. The van der Waals surface area contributed by atoms with Crippen LogP contribution in [0.15, 0.2) is 23.1 Å². The number of nitrogens with zero attached hydrogens (tertiary/aromatic N) is 1. The number of anilines is 2. The highest BCUT2D eigenvalue weighted by Crippen LogP contribution is 2.29. The lowest BCUT2D eigenvalue weighted by molar-refractivity contribution is 0.333. The first-order valence-electron chi connectivity index (χ1n) is 6.47. The lowest BCUT2D eigenvalue weighted by Crippen LogP contribution is -2.23. The number of benzene rings is 1. The number of sulfonamides is 1. The van der Waals surface area contributed by atoms with Gasteiger partial charge in [-0.25, -0.2) is 12.7 Å². The van der Waals surface area contributed by atoms with Crippen LogP contribution >= 0.6 is 0 Å². The Bertz CT molecular complexity index is 551. The molecule has 0 bridgehead atoms. The second kappa shape index (κ2) is 5.38. The predicted molar refractivity (Wildman–Crippen MR) is 77.6 cm³/mol. The van der Waals surface area contributed by atoms with E-state index in [9.17, 15) is 8.42 Å². The van der Waals surface area contributed by atoms with Crippen molar-refractivity contribution in [3.8, 4) is 0 Å². The Hall–Kier alpha value is -1.27. The maximum absolute atomic E-state index is 12.1. The summed E-state index contributed by atoms with van der Waals surface area (Å²) in [5, 5.41) is 3.26. The van der Waals surface area contributed by atoms with Gasteiger partial charge in [-0.1, -0.05) is 6.42 Å². The first-order chi connectivity index (χ1) is 8.91. The summed E-state index contributed by atoms with van der Waals surface area (Å²) >= 11 is 0. The second-order valence-corrected chi connectivity index (χ2v) is 7.37. The molecule has 1 aliphatic rings. The summed E-state index contributed by atoms with van der Waals surface area (Å²) in [5.74, 6) is 0.688. The molecule has 0 spiro atoms. The molecule has 0 atom stereocenters. The molecule has 106 valence electrons. The van der Waals surface area contributed by atoms with Gasteiger partial charge in [-0.05, 0) is 37.0 Å². The SMILES string of the molecule is CN(C)S(=O)(=O)c1ccc(N)c(NCC2CCC2)c1. The van der Waals surface area contributed by atoms with E-state index in [-0.39, 0.29) is 4.90 Å². The molecular weight excluding hydrogens is 262 g/mol. The van der Waals surface area contributed by atoms with E-state index in [1.807, 2.05) is 0 Å². The molecule has 3 N–H and O–H groups in total. The van der Waals surface area contributed by atoms with Gasteiger partial charge >= 0.3 is 0 Å². The molecule has 1 aromatic rings. The third-order valence-electron chi connectivity index (χ3n) is 3.61. The van der Waals surface area contributed by atoms with Crippen LogP contribution in [0, 0.1) is 5.92 Å². The Morgan fingerprint density at radius 1 is 1.37 bits per heavy atom. The van der Waals surface area contributed by atoms with Gasteiger partial charge in [0.1, 0.15) is 0 Å². The average Bonchev–Trinajstić information content (AvgIpc) is 2.28. The van der Waals surface area contributed by atoms with E-state index in [0.717, 1.165) is 6.54 Å². The van der Waals surface area contributed by atoms with Crippen LogP contribution in [-0.4, -0.2) is 33.4 Å². The van der Waals surface area contributed by atoms with E-state index >= 15 is 0 Å². The summed E-state index contributed by atoms with van der Waals surface area (Å²) in [4.78, 5) is 0.266. The van der Waals surface area contributed by atoms with Crippen molar-refractivity contribution >= 4 is 21.4 Å². The quantitative estimate of drug-likeness (QED) is 0.807. The van der Waals surface area contributed by atoms with Gasteiger partial charge in [0.2, 0.25) is 10.0 Å². The lowest BCUT2D eigenvalue weighted by atomic mass is 9.85. The Morgan fingerprint density at radius 3 is 2.58 bits per heavy atom. The summed E-state index contributed by atoms with van der Waals surface area (Å²) in [6, 6.07) is 4.79. The fourth-order valence-corrected chi connectivity index (χ4v) is 2.94. The number of rotatable bonds is 5. The van der Waals surface area contributed by atoms with E-state index in [4.69, 9.17) is 5.73 Å². The van der Waals surface area contributed by atoms with Crippen LogP contribution in [0.25, 0.3) is 0 Å². The van der Waals surface area contributed by atoms with E-state index in [0.29, 0.717) is 17.3 Å². The van der Waals surface area contributed by atoms with E-state index in [1.54, 1.807) is 18.2 Å². The summed E-state index contributed by atoms with van der Waals surface area (Å²) in [5.41, 5.74) is 7.17. The van der Waals surface area contributed by atoms with Crippen LogP contribution < -0.4 is 11.1 Å². The van der Waals surface area contributed by atoms with Gasteiger partial charge in [-0.15, -0.1) is 0 Å². The molecule has 0 aromatic heterocycles. The molecule has 0 unspecified atom stereocenters. The van der Waals surface area contributed by atoms with E-state index in [1.165, 1.54) is 37.7 Å². The van der Waals surface area contributed by atoms with Crippen molar-refractivity contribution in [2.45, 2.75) is 24.2 Å². The maximum atomic E-state index is 12.1. The molecule has 6 heteroatoms. The molecule has 19 heavy (non-hydrogen) atoms. The van der Waals surface area contributed by atoms with Crippen LogP contribution in [0.1, 0.15) is 19.3 Å². The third-order valence-corrected chi connectivity index (χ3v) is 5.42. The smallest absolute Gasteiger partial charge is 0.242 e. The van der Waals surface area contributed by atoms with E-state index < -0.39 is 10.0 Å². The molecule has 1 aliphatic carbocycles. The summed E-state index contributed by atoms with van der Waals surface area (Å²) < 4.78 is 25.3. The maximum Gasteiger partial charge on any atom is 0.242 e. The topological polar surface area (TPSA) is 75.4 Å². The molecular formula is C13H21N3O2S. The molecule has 1 saturated carbocycles. The Kier molecular flexibility index (Phi) is 4.01. The molecule has 1 aromatic carbocycles. The van der Waals surface area contributed by atoms with Crippen molar-refractivity contribution in [2.24, 2.45) is 5.92 Å². The average molecular weight is 283 g/mol. The number of hydrogen-bond donors (Lipinski definition) is 2. The fraction of sp³-hybridized carbons (Fsp3) is 0.538. The molecule has 5 nitrogen and oxygen atoms in total. The van der Waals surface area contributed by atoms with Crippen molar-refractivity contribution in [2.75, 3.05) is 31.7 Å². The first kappa shape index (κ1) is 14.1. The zero-order chi connectivity index (χ0) is 14.0. The number of nitrogens with one attached hydrogen (secondary N) is 1. The highest BCUT2D eigenvalue weighted by molar-refractivity contribution is 7.89. The van der Waals surface area contributed by atoms with Gasteiger partial charge in [0.05, 0.1) is 16.3 Å². The van der Waals surface area contributed by atoms with Crippen LogP contribution in [-0.2, 0) is 10.0 Å². The summed E-state index contributed by atoms with van der Waals surface area (Å²) in [6.45, 7) is 0.857. The zero-order valence-electron chi connectivity index (χ0n) is 11.4. The fourth-order valence-electron chi connectivity index (χ4n) is 2.01. The van der Waals surface area contributed by atoms with Crippen molar-refractivity contribution in [3.05, 3.63) is 18.2 Å². The molecule has 1 fully saturated rings. The normalized spacial score (nSPS) is 16.4. The van der Waals surface area contributed by atoms with Gasteiger partial charge in [-0.2, -0.15) is 0 Å². The second-order valence-electron chi connectivity index (χ2n) is 5.21. The summed E-state index contributed by atoms with van der Waals surface area (Å²) in [7, 11) is -0.367. The number of hydrogen-bond acceptors (Lipinski definition) is 4. The highest BCUT2D eigenvalue weighted by Gasteiger charge is 2.20. The van der Waals surface area contributed by atoms with Gasteiger partial charge < -0.3 is 11.1 Å². The highest BCUT2D eigenvalue weighted by atomic mass is 32.2. The van der Waals surface area contributed by atoms with Crippen molar-refractivity contribution in [1.29, 1.82) is 0 Å². The molecule has 0 amide bonds. The molecule has 0 saturated heterocycles. The van der Waals surface area contributed by atoms with Crippen LogP contribution in [0.4, 0.5) is 11.4 Å². The van der Waals surface area contributed by atoms with E-state index in [2.05, 4.69) is 5.32 Å². The Labute approximate surface area is 114 Å². The summed E-state index contributed by atoms with van der Waals surface area (Å²) in [6.07, 6.45) is 3.77. The third kappa shape index (κ3) is 3.01. The van der Waals surface area contributed by atoms with Gasteiger partial charge in [0.25, 0.3) is 0 Å².